The average molecular weight is 218 g/mol. The Bertz CT molecular complexity index is 235. The molecule has 6 nitrogen and oxygen atoms in total. The van der Waals surface area contributed by atoms with Crippen LogP contribution in [0.1, 0.15) is 27.2 Å². The summed E-state index contributed by atoms with van der Waals surface area (Å²) < 4.78 is 4.99. The molecule has 0 unspecified atom stereocenters. The molecule has 0 fully saturated rings. The van der Waals surface area contributed by atoms with Gasteiger partial charge in [-0.2, -0.15) is 0 Å². The smallest absolute Gasteiger partial charge is 0.307 e. The van der Waals surface area contributed by atoms with Gasteiger partial charge >= 0.3 is 5.97 Å². The Labute approximate surface area is 88.7 Å². The van der Waals surface area contributed by atoms with Crippen LogP contribution in [0.25, 0.3) is 0 Å². The summed E-state index contributed by atoms with van der Waals surface area (Å²) in [5.41, 5.74) is 1.28. The highest BCUT2D eigenvalue weighted by atomic mass is 16.6. The maximum Gasteiger partial charge on any atom is 0.307 e. The molecule has 1 amide bonds. The van der Waals surface area contributed by atoms with Gasteiger partial charge in [-0.25, -0.2) is 5.84 Å². The van der Waals surface area contributed by atoms with E-state index in [9.17, 15) is 9.59 Å². The summed E-state index contributed by atoms with van der Waals surface area (Å²) in [7, 11) is 0. The molecule has 15 heavy (non-hydrogen) atoms. The van der Waals surface area contributed by atoms with E-state index in [4.69, 9.17) is 15.7 Å². The first-order valence-electron chi connectivity index (χ1n) is 4.63. The highest BCUT2D eigenvalue weighted by Crippen LogP contribution is 2.11. The number of nitrogens with one attached hydrogen (secondary N) is 1. The number of amides is 1. The lowest BCUT2D eigenvalue weighted by atomic mass is 10.1. The molecule has 0 radical (unpaired) electrons. The number of aliphatic hydroxyl groups excluding tert-OH is 1. The molecule has 0 bridgehead atoms. The Hall–Kier alpha value is -1.14. The molecule has 4 N–H and O–H groups in total. The number of hydrogen-bond acceptors (Lipinski definition) is 5. The van der Waals surface area contributed by atoms with Gasteiger partial charge in [0.1, 0.15) is 5.60 Å². The van der Waals surface area contributed by atoms with Crippen LogP contribution in [0.4, 0.5) is 0 Å². The monoisotopic (exact) mass is 218 g/mol. The van der Waals surface area contributed by atoms with Crippen molar-refractivity contribution in [2.75, 3.05) is 6.61 Å². The lowest BCUT2D eigenvalue weighted by molar-refractivity contribution is -0.157. The fourth-order valence-corrected chi connectivity index (χ4v) is 0.942. The van der Waals surface area contributed by atoms with Crippen molar-refractivity contribution in [1.29, 1.82) is 0 Å². The molecule has 6 heteroatoms. The van der Waals surface area contributed by atoms with E-state index in [0.717, 1.165) is 0 Å². The third-order valence-electron chi connectivity index (χ3n) is 1.57. The normalized spacial score (nSPS) is 13.1. The van der Waals surface area contributed by atoms with E-state index in [1.54, 1.807) is 20.8 Å². The molecule has 1 atom stereocenters. The van der Waals surface area contributed by atoms with Crippen LogP contribution >= 0.6 is 0 Å². The topological polar surface area (TPSA) is 102 Å². The molecule has 0 aliphatic rings. The van der Waals surface area contributed by atoms with Gasteiger partial charge in [0.25, 0.3) is 0 Å². The van der Waals surface area contributed by atoms with Crippen molar-refractivity contribution < 1.29 is 19.4 Å². The quantitative estimate of drug-likeness (QED) is 0.251. The van der Waals surface area contributed by atoms with E-state index < -0.39 is 30.0 Å². The van der Waals surface area contributed by atoms with Gasteiger partial charge < -0.3 is 9.84 Å². The van der Waals surface area contributed by atoms with Gasteiger partial charge in [0, 0.05) is 0 Å². The van der Waals surface area contributed by atoms with Crippen molar-refractivity contribution in [2.24, 2.45) is 11.8 Å². The minimum absolute atomic E-state index is 0.184. The van der Waals surface area contributed by atoms with E-state index in [1.807, 2.05) is 5.43 Å². The second-order valence-corrected chi connectivity index (χ2v) is 4.18. The lowest BCUT2D eigenvalue weighted by Gasteiger charge is -2.20. The largest absolute Gasteiger partial charge is 0.460 e. The molecule has 0 saturated carbocycles. The summed E-state index contributed by atoms with van der Waals surface area (Å²) in [6.07, 6.45) is -0.184. The SMILES string of the molecule is CC(C)(C)OC(=O)C[C@@H](CO)C(=O)NN. The van der Waals surface area contributed by atoms with Crippen LogP contribution in [-0.4, -0.2) is 29.2 Å². The van der Waals surface area contributed by atoms with Gasteiger partial charge in [-0.3, -0.25) is 15.0 Å². The van der Waals surface area contributed by atoms with Crippen molar-refractivity contribution in [2.45, 2.75) is 32.8 Å². The first kappa shape index (κ1) is 13.9. The number of nitrogens with two attached hydrogens (primary N) is 1. The maximum atomic E-state index is 11.3. The van der Waals surface area contributed by atoms with Crippen LogP contribution in [0.3, 0.4) is 0 Å². The Kier molecular flexibility index (Phi) is 5.24. The second-order valence-electron chi connectivity index (χ2n) is 4.18. The molecule has 0 aromatic carbocycles. The number of hydrazine groups is 1. The Morgan fingerprint density at radius 3 is 2.33 bits per heavy atom. The number of ether oxygens (including phenoxy) is 1. The van der Waals surface area contributed by atoms with Crippen LogP contribution in [0.5, 0.6) is 0 Å². The third kappa shape index (κ3) is 6.03. The summed E-state index contributed by atoms with van der Waals surface area (Å²) >= 11 is 0. The number of rotatable bonds is 4. The Morgan fingerprint density at radius 1 is 1.47 bits per heavy atom. The average Bonchev–Trinajstić information content (AvgIpc) is 2.10. The van der Waals surface area contributed by atoms with E-state index in [2.05, 4.69) is 0 Å². The lowest BCUT2D eigenvalue weighted by Crippen LogP contribution is -2.39. The minimum atomic E-state index is -0.857. The van der Waals surface area contributed by atoms with Crippen molar-refractivity contribution in [3.63, 3.8) is 0 Å². The highest BCUT2D eigenvalue weighted by molar-refractivity contribution is 5.83. The van der Waals surface area contributed by atoms with E-state index in [0.29, 0.717) is 0 Å². The Balaban J connectivity index is 4.20. The number of hydrogen-bond donors (Lipinski definition) is 3. The predicted octanol–water partition coefficient (Wildman–Crippen LogP) is -0.683. The van der Waals surface area contributed by atoms with Crippen molar-refractivity contribution in [3.05, 3.63) is 0 Å². The molecule has 0 saturated heterocycles. The van der Waals surface area contributed by atoms with Crippen LogP contribution in [-0.2, 0) is 14.3 Å². The van der Waals surface area contributed by atoms with Gasteiger partial charge in [0.05, 0.1) is 18.9 Å². The molecular weight excluding hydrogens is 200 g/mol. The maximum absolute atomic E-state index is 11.3. The number of carbonyl (C=O) groups excluding carboxylic acids is 2. The summed E-state index contributed by atoms with van der Waals surface area (Å²) in [6.45, 7) is 4.73. The number of aliphatic hydroxyl groups is 1. The first-order valence-corrected chi connectivity index (χ1v) is 4.63. The van der Waals surface area contributed by atoms with Crippen LogP contribution < -0.4 is 11.3 Å². The molecule has 0 aromatic rings. The zero-order chi connectivity index (χ0) is 12.1. The molecule has 0 aliphatic carbocycles. The predicted molar refractivity (Wildman–Crippen MR) is 53.4 cm³/mol. The van der Waals surface area contributed by atoms with Gasteiger partial charge in [0.2, 0.25) is 5.91 Å². The molecule has 0 rings (SSSR count). The van der Waals surface area contributed by atoms with Crippen molar-refractivity contribution in [1.82, 2.24) is 5.43 Å². The third-order valence-corrected chi connectivity index (χ3v) is 1.57. The van der Waals surface area contributed by atoms with E-state index >= 15 is 0 Å². The molecular formula is C9H18N2O4. The van der Waals surface area contributed by atoms with E-state index in [-0.39, 0.29) is 6.42 Å². The summed E-state index contributed by atoms with van der Waals surface area (Å²) in [5, 5.41) is 8.85. The van der Waals surface area contributed by atoms with Crippen molar-refractivity contribution in [3.8, 4) is 0 Å². The van der Waals surface area contributed by atoms with Crippen LogP contribution in [0, 0.1) is 5.92 Å². The summed E-state index contributed by atoms with van der Waals surface area (Å²) in [5.74, 6) is 2.91. The highest BCUT2D eigenvalue weighted by Gasteiger charge is 2.24. The molecule has 0 spiro atoms. The van der Waals surface area contributed by atoms with Crippen molar-refractivity contribution >= 4 is 11.9 Å². The summed E-state index contributed by atoms with van der Waals surface area (Å²) in [4.78, 5) is 22.3. The van der Waals surface area contributed by atoms with Crippen LogP contribution in [0.2, 0.25) is 0 Å². The Morgan fingerprint density at radius 2 is 2.00 bits per heavy atom. The van der Waals surface area contributed by atoms with Gasteiger partial charge in [-0.15, -0.1) is 0 Å². The first-order chi connectivity index (χ1) is 6.80. The summed E-state index contributed by atoms with van der Waals surface area (Å²) in [6, 6.07) is 0. The van der Waals surface area contributed by atoms with Gasteiger partial charge in [-0.05, 0) is 20.8 Å². The number of carbonyl (C=O) groups is 2. The zero-order valence-electron chi connectivity index (χ0n) is 9.24. The molecule has 0 aliphatic heterocycles. The van der Waals surface area contributed by atoms with Gasteiger partial charge in [0.15, 0.2) is 0 Å². The van der Waals surface area contributed by atoms with Crippen LogP contribution in [0.15, 0.2) is 0 Å². The van der Waals surface area contributed by atoms with Gasteiger partial charge in [-0.1, -0.05) is 0 Å². The molecule has 88 valence electrons. The minimum Gasteiger partial charge on any atom is -0.460 e. The molecule has 0 aromatic heterocycles. The standard InChI is InChI=1S/C9H18N2O4/c1-9(2,3)15-7(13)4-6(5-12)8(14)11-10/h6,12H,4-5,10H2,1-3H3,(H,11,14)/t6-/m0/s1. The second kappa shape index (κ2) is 5.67. The zero-order valence-corrected chi connectivity index (χ0v) is 9.24. The fraction of sp³-hybridized carbons (Fsp3) is 0.778. The fourth-order valence-electron chi connectivity index (χ4n) is 0.942. The molecule has 0 heterocycles. The van der Waals surface area contributed by atoms with E-state index in [1.165, 1.54) is 0 Å². The number of esters is 1.